The number of aromatic hydroxyl groups is 1. The van der Waals surface area contributed by atoms with Gasteiger partial charge in [0.1, 0.15) is 11.6 Å². The molecule has 3 rings (SSSR count). The molecule has 2 aromatic rings. The monoisotopic (exact) mass is 363 g/mol. The van der Waals surface area contributed by atoms with Crippen molar-refractivity contribution in [3.05, 3.63) is 63.9 Å². The van der Waals surface area contributed by atoms with Crippen molar-refractivity contribution < 1.29 is 9.50 Å². The summed E-state index contributed by atoms with van der Waals surface area (Å²) in [5.41, 5.74) is 2.97. The first-order chi connectivity index (χ1) is 11.9. The second kappa shape index (κ2) is 8.20. The van der Waals surface area contributed by atoms with Crippen molar-refractivity contribution >= 4 is 11.6 Å². The van der Waals surface area contributed by atoms with Crippen LogP contribution in [0, 0.1) is 5.82 Å². The van der Waals surface area contributed by atoms with Crippen LogP contribution in [0.4, 0.5) is 4.39 Å². The zero-order chi connectivity index (χ0) is 18.6. The molecule has 0 aromatic heterocycles. The maximum Gasteiger partial charge on any atom is 0.134 e. The average Bonchev–Trinajstić information content (AvgIpc) is 3.05. The van der Waals surface area contributed by atoms with E-state index in [1.54, 1.807) is 12.1 Å². The number of rotatable bonds is 4. The van der Waals surface area contributed by atoms with Gasteiger partial charge in [-0.1, -0.05) is 43.6 Å². The molecular weight excluding hydrogens is 337 g/mol. The first-order valence-corrected chi connectivity index (χ1v) is 9.23. The van der Waals surface area contributed by atoms with Gasteiger partial charge in [-0.05, 0) is 56.0 Å². The van der Waals surface area contributed by atoms with Gasteiger partial charge in [0, 0.05) is 24.2 Å². The molecule has 0 amide bonds. The van der Waals surface area contributed by atoms with Crippen LogP contribution < -0.4 is 0 Å². The molecule has 2 aromatic carbocycles. The minimum absolute atomic E-state index is 0.0458. The van der Waals surface area contributed by atoms with Crippen LogP contribution in [0.2, 0.25) is 5.02 Å². The summed E-state index contributed by atoms with van der Waals surface area (Å²) in [6.07, 6.45) is 1.80. The van der Waals surface area contributed by atoms with Crippen molar-refractivity contribution in [1.82, 2.24) is 4.90 Å². The van der Waals surface area contributed by atoms with Crippen molar-refractivity contribution in [2.45, 2.75) is 59.2 Å². The predicted octanol–water partition coefficient (Wildman–Crippen LogP) is 5.94. The van der Waals surface area contributed by atoms with Crippen molar-refractivity contribution in [2.75, 3.05) is 0 Å². The normalized spacial score (nSPS) is 14.0. The van der Waals surface area contributed by atoms with Gasteiger partial charge in [0.25, 0.3) is 0 Å². The molecule has 1 aliphatic rings. The summed E-state index contributed by atoms with van der Waals surface area (Å²) < 4.78 is 13.9. The average molecular weight is 364 g/mol. The summed E-state index contributed by atoms with van der Waals surface area (Å²) in [5.74, 6) is 0.00580. The number of aryl methyl sites for hydroxylation is 1. The molecule has 1 heterocycles. The first-order valence-electron chi connectivity index (χ1n) is 8.85. The lowest BCUT2D eigenvalue weighted by Gasteiger charge is -2.35. The van der Waals surface area contributed by atoms with Crippen LogP contribution in [-0.2, 0) is 19.5 Å². The van der Waals surface area contributed by atoms with E-state index in [2.05, 4.69) is 18.7 Å². The Bertz CT molecular complexity index is 730. The zero-order valence-corrected chi connectivity index (χ0v) is 16.2. The van der Waals surface area contributed by atoms with Crippen molar-refractivity contribution in [1.29, 1.82) is 0 Å². The van der Waals surface area contributed by atoms with Gasteiger partial charge in [-0.25, -0.2) is 4.39 Å². The Morgan fingerprint density at radius 1 is 1.16 bits per heavy atom. The zero-order valence-electron chi connectivity index (χ0n) is 15.4. The van der Waals surface area contributed by atoms with E-state index < -0.39 is 0 Å². The van der Waals surface area contributed by atoms with Crippen molar-refractivity contribution in [3.8, 4) is 5.75 Å². The summed E-state index contributed by atoms with van der Waals surface area (Å²) in [7, 11) is 0. The Hall–Kier alpha value is -1.58. The highest BCUT2D eigenvalue weighted by atomic mass is 35.5. The Kier molecular flexibility index (Phi) is 6.47. The highest BCUT2D eigenvalue weighted by molar-refractivity contribution is 6.32. The third kappa shape index (κ3) is 4.53. The second-order valence-corrected chi connectivity index (χ2v) is 7.24. The fourth-order valence-electron chi connectivity index (χ4n) is 3.12. The number of nitrogens with zero attached hydrogens (tertiary/aromatic N) is 1. The Morgan fingerprint density at radius 3 is 2.52 bits per heavy atom. The quantitative estimate of drug-likeness (QED) is 0.726. The molecule has 1 aliphatic heterocycles. The molecule has 1 N–H and O–H groups in total. The van der Waals surface area contributed by atoms with Gasteiger partial charge in [-0.2, -0.15) is 0 Å². The summed E-state index contributed by atoms with van der Waals surface area (Å²) in [5, 5.41) is 9.88. The molecular formula is C21H27ClFNO. The lowest BCUT2D eigenvalue weighted by atomic mass is 9.93. The van der Waals surface area contributed by atoms with Crippen LogP contribution in [0.5, 0.6) is 5.75 Å². The van der Waals surface area contributed by atoms with E-state index in [0.29, 0.717) is 11.6 Å². The molecule has 0 aliphatic carbocycles. The van der Waals surface area contributed by atoms with Crippen LogP contribution in [0.25, 0.3) is 0 Å². The molecule has 136 valence electrons. The molecule has 0 radical (unpaired) electrons. The van der Waals surface area contributed by atoms with Gasteiger partial charge in [-0.3, -0.25) is 4.90 Å². The van der Waals surface area contributed by atoms with Crippen LogP contribution in [-0.4, -0.2) is 15.5 Å². The number of halogens is 2. The van der Waals surface area contributed by atoms with Crippen LogP contribution >= 0.6 is 11.6 Å². The van der Waals surface area contributed by atoms with Gasteiger partial charge >= 0.3 is 0 Å². The first kappa shape index (κ1) is 19.7. The van der Waals surface area contributed by atoms with Crippen molar-refractivity contribution in [2.24, 2.45) is 0 Å². The summed E-state index contributed by atoms with van der Waals surface area (Å²) in [6, 6.07) is 10.7. The lowest BCUT2D eigenvalue weighted by molar-refractivity contribution is 0.109. The molecule has 0 saturated heterocycles. The smallest absolute Gasteiger partial charge is 0.134 e. The topological polar surface area (TPSA) is 23.5 Å². The number of fused-ring (bicyclic) bond motifs is 1. The van der Waals surface area contributed by atoms with Crippen LogP contribution in [0.3, 0.4) is 0 Å². The van der Waals surface area contributed by atoms with E-state index >= 15 is 0 Å². The van der Waals surface area contributed by atoms with E-state index in [1.165, 1.54) is 6.07 Å². The lowest BCUT2D eigenvalue weighted by Crippen LogP contribution is -2.40. The Balaban J connectivity index is 0.00000109. The molecule has 0 atom stereocenters. The fourth-order valence-corrected chi connectivity index (χ4v) is 3.33. The molecule has 0 saturated carbocycles. The fraction of sp³-hybridized carbons (Fsp3) is 0.429. The summed E-state index contributed by atoms with van der Waals surface area (Å²) in [4.78, 5) is 2.32. The van der Waals surface area contributed by atoms with Gasteiger partial charge in [0.2, 0.25) is 0 Å². The highest BCUT2D eigenvalue weighted by Gasteiger charge is 2.32. The van der Waals surface area contributed by atoms with Crippen LogP contribution in [0.1, 0.15) is 50.8 Å². The van der Waals surface area contributed by atoms with Gasteiger partial charge < -0.3 is 5.11 Å². The Morgan fingerprint density at radius 2 is 1.88 bits per heavy atom. The highest BCUT2D eigenvalue weighted by Crippen LogP contribution is 2.33. The van der Waals surface area contributed by atoms with Gasteiger partial charge in [0.15, 0.2) is 0 Å². The molecule has 2 nitrogen and oxygen atoms in total. The van der Waals surface area contributed by atoms with Crippen molar-refractivity contribution in [3.63, 3.8) is 0 Å². The second-order valence-electron chi connectivity index (χ2n) is 6.83. The maximum absolute atomic E-state index is 13.9. The predicted molar refractivity (Wildman–Crippen MR) is 103 cm³/mol. The summed E-state index contributed by atoms with van der Waals surface area (Å²) >= 11 is 5.97. The third-order valence-electron chi connectivity index (χ3n) is 4.82. The molecule has 0 spiro atoms. The van der Waals surface area contributed by atoms with E-state index in [9.17, 15) is 9.50 Å². The minimum atomic E-state index is -0.105. The van der Waals surface area contributed by atoms with Gasteiger partial charge in [-0.15, -0.1) is 0 Å². The van der Waals surface area contributed by atoms with E-state index in [1.807, 2.05) is 32.0 Å². The number of hydrogen-bond acceptors (Lipinski definition) is 2. The molecule has 0 unspecified atom stereocenters. The summed E-state index contributed by atoms with van der Waals surface area (Å²) in [6.45, 7) is 9.83. The van der Waals surface area contributed by atoms with E-state index in [-0.39, 0.29) is 17.1 Å². The van der Waals surface area contributed by atoms with E-state index in [0.717, 1.165) is 36.1 Å². The molecule has 25 heavy (non-hydrogen) atoms. The molecule has 0 bridgehead atoms. The van der Waals surface area contributed by atoms with Gasteiger partial charge in [0.05, 0.1) is 5.02 Å². The number of phenolic OH excluding ortho intramolecular Hbond substituents is 1. The number of benzene rings is 2. The molecule has 4 heteroatoms. The third-order valence-corrected chi connectivity index (χ3v) is 5.12. The largest absolute Gasteiger partial charge is 0.506 e. The van der Waals surface area contributed by atoms with E-state index in [4.69, 9.17) is 11.6 Å². The van der Waals surface area contributed by atoms with Crippen LogP contribution in [0.15, 0.2) is 36.4 Å². The standard InChI is InChI=1S/C19H21ClFNO.C2H6/c1-19(2,9-8-13-6-7-18(23)16(20)10-13)22-11-14-4-3-5-17(21)15(14)12-22;1-2/h3-7,10,23H,8-9,11-12H2,1-2H3;1-2H3. The minimum Gasteiger partial charge on any atom is -0.506 e. The molecule has 0 fully saturated rings. The Labute approximate surface area is 155 Å². The SMILES string of the molecule is CC.CC(C)(CCc1ccc(O)c(Cl)c1)N1Cc2cccc(F)c2C1. The number of hydrogen-bond donors (Lipinski definition) is 1. The maximum atomic E-state index is 13.9. The number of phenols is 1.